The van der Waals surface area contributed by atoms with Gasteiger partial charge in [0.15, 0.2) is 9.84 Å². The highest BCUT2D eigenvalue weighted by molar-refractivity contribution is 7.92. The Kier molecular flexibility index (Phi) is 3.33. The molecule has 0 aliphatic heterocycles. The van der Waals surface area contributed by atoms with Gasteiger partial charge < -0.3 is 4.57 Å². The van der Waals surface area contributed by atoms with Crippen molar-refractivity contribution in [3.63, 3.8) is 0 Å². The first-order valence-electron chi connectivity index (χ1n) is 5.09. The summed E-state index contributed by atoms with van der Waals surface area (Å²) in [6.07, 6.45) is 3.21. The summed E-state index contributed by atoms with van der Waals surface area (Å²) in [4.78, 5) is 11.5. The zero-order valence-electron chi connectivity index (χ0n) is 10.1. The lowest BCUT2D eigenvalue weighted by molar-refractivity contribution is 0.552. The van der Waals surface area contributed by atoms with Crippen LogP contribution in [-0.2, 0) is 23.4 Å². The monoisotopic (exact) mass is 246 g/mol. The molecule has 5 nitrogen and oxygen atoms in total. The van der Waals surface area contributed by atoms with Gasteiger partial charge in [-0.05, 0) is 20.8 Å². The second-order valence-electron chi connectivity index (χ2n) is 4.82. The Morgan fingerprint density at radius 1 is 1.25 bits per heavy atom. The molecule has 92 valence electrons. The first kappa shape index (κ1) is 13.0. The van der Waals surface area contributed by atoms with E-state index in [4.69, 9.17) is 0 Å². The largest absolute Gasteiger partial charge is 0.327 e. The van der Waals surface area contributed by atoms with Gasteiger partial charge in [0.2, 0.25) is 0 Å². The van der Waals surface area contributed by atoms with Gasteiger partial charge in [-0.15, -0.1) is 0 Å². The summed E-state index contributed by atoms with van der Waals surface area (Å²) in [5.41, 5.74) is -0.191. The first-order chi connectivity index (χ1) is 7.15. The van der Waals surface area contributed by atoms with E-state index < -0.39 is 14.6 Å². The molecule has 1 heterocycles. The van der Waals surface area contributed by atoms with Crippen molar-refractivity contribution in [2.45, 2.75) is 32.1 Å². The highest BCUT2D eigenvalue weighted by Gasteiger charge is 2.28. The molecule has 0 N–H and O–H groups in total. The summed E-state index contributed by atoms with van der Waals surface area (Å²) in [6, 6.07) is 0. The zero-order valence-corrected chi connectivity index (χ0v) is 10.9. The number of rotatable bonds is 3. The third kappa shape index (κ3) is 2.55. The average Bonchev–Trinajstić information content (AvgIpc) is 2.43. The van der Waals surface area contributed by atoms with Crippen molar-refractivity contribution in [3.8, 4) is 0 Å². The minimum absolute atomic E-state index is 0.0135. The highest BCUT2D eigenvalue weighted by Crippen LogP contribution is 2.15. The fourth-order valence-corrected chi connectivity index (χ4v) is 2.25. The van der Waals surface area contributed by atoms with E-state index in [9.17, 15) is 13.2 Å². The normalized spacial score (nSPS) is 13.0. The van der Waals surface area contributed by atoms with E-state index in [-0.39, 0.29) is 18.0 Å². The minimum atomic E-state index is -3.17. The third-order valence-electron chi connectivity index (χ3n) is 2.55. The smallest absolute Gasteiger partial charge is 0.302 e. The second-order valence-corrected chi connectivity index (χ2v) is 7.68. The average molecular weight is 246 g/mol. The van der Waals surface area contributed by atoms with E-state index in [2.05, 4.69) is 0 Å². The van der Waals surface area contributed by atoms with E-state index >= 15 is 0 Å². The number of aromatic nitrogens is 2. The van der Waals surface area contributed by atoms with E-state index in [1.54, 1.807) is 40.2 Å². The van der Waals surface area contributed by atoms with Crippen LogP contribution in [0.15, 0.2) is 17.2 Å². The summed E-state index contributed by atoms with van der Waals surface area (Å²) < 4.78 is 25.7. The van der Waals surface area contributed by atoms with Crippen LogP contribution in [0.5, 0.6) is 0 Å². The summed E-state index contributed by atoms with van der Waals surface area (Å²) in [5, 5.41) is 0. The van der Waals surface area contributed by atoms with Crippen molar-refractivity contribution in [3.05, 3.63) is 22.9 Å². The Labute approximate surface area is 95.6 Å². The number of hydrogen-bond donors (Lipinski definition) is 0. The van der Waals surface area contributed by atoms with Crippen LogP contribution in [0, 0.1) is 0 Å². The van der Waals surface area contributed by atoms with Gasteiger partial charge in [0.1, 0.15) is 0 Å². The molecule has 0 spiro atoms. The molecule has 1 aromatic heterocycles. The van der Waals surface area contributed by atoms with Gasteiger partial charge in [0.25, 0.3) is 0 Å². The van der Waals surface area contributed by atoms with Crippen molar-refractivity contribution in [2.75, 3.05) is 5.75 Å². The fourth-order valence-electron chi connectivity index (χ4n) is 1.21. The van der Waals surface area contributed by atoms with Crippen molar-refractivity contribution in [2.24, 2.45) is 7.05 Å². The van der Waals surface area contributed by atoms with Crippen LogP contribution in [0.2, 0.25) is 0 Å². The highest BCUT2D eigenvalue weighted by atomic mass is 32.2. The third-order valence-corrected chi connectivity index (χ3v) is 5.14. The molecule has 6 heteroatoms. The van der Waals surface area contributed by atoms with Gasteiger partial charge >= 0.3 is 5.69 Å². The predicted octanol–water partition coefficient (Wildman–Crippen LogP) is 0.400. The van der Waals surface area contributed by atoms with Gasteiger partial charge in [0.05, 0.1) is 10.5 Å². The SMILES string of the molecule is Cn1ccn(CCS(=O)(=O)C(C)(C)C)c1=O. The molecular weight excluding hydrogens is 228 g/mol. The first-order valence-corrected chi connectivity index (χ1v) is 6.74. The van der Waals surface area contributed by atoms with Crippen LogP contribution in [0.4, 0.5) is 0 Å². The topological polar surface area (TPSA) is 61.1 Å². The molecule has 1 rings (SSSR count). The molecule has 0 aliphatic carbocycles. The lowest BCUT2D eigenvalue weighted by Crippen LogP contribution is -2.33. The molecule has 0 saturated carbocycles. The minimum Gasteiger partial charge on any atom is -0.302 e. The summed E-state index contributed by atoms with van der Waals surface area (Å²) >= 11 is 0. The number of hydrogen-bond acceptors (Lipinski definition) is 3. The number of sulfone groups is 1. The molecule has 16 heavy (non-hydrogen) atoms. The molecule has 0 saturated heterocycles. The lowest BCUT2D eigenvalue weighted by Gasteiger charge is -2.18. The van der Waals surface area contributed by atoms with Crippen molar-refractivity contribution in [1.29, 1.82) is 0 Å². The molecule has 0 atom stereocenters. The van der Waals surface area contributed by atoms with Gasteiger partial charge in [-0.3, -0.25) is 4.57 Å². The van der Waals surface area contributed by atoms with Gasteiger partial charge in [-0.2, -0.15) is 0 Å². The zero-order chi connectivity index (χ0) is 12.6. The molecular formula is C10H18N2O3S. The predicted molar refractivity (Wildman–Crippen MR) is 63.2 cm³/mol. The lowest BCUT2D eigenvalue weighted by atomic mass is 10.3. The molecule has 0 bridgehead atoms. The summed E-state index contributed by atoms with van der Waals surface area (Å²) in [7, 11) is -1.54. The number of aryl methyl sites for hydroxylation is 2. The van der Waals surface area contributed by atoms with Crippen molar-refractivity contribution >= 4 is 9.84 Å². The van der Waals surface area contributed by atoms with Crippen LogP contribution in [0.1, 0.15) is 20.8 Å². The molecule has 0 unspecified atom stereocenters. The maximum Gasteiger partial charge on any atom is 0.327 e. The number of imidazole rings is 1. The molecule has 1 aromatic rings. The van der Waals surface area contributed by atoms with Crippen molar-refractivity contribution in [1.82, 2.24) is 9.13 Å². The van der Waals surface area contributed by atoms with Gasteiger partial charge in [-0.25, -0.2) is 13.2 Å². The number of nitrogens with zero attached hydrogens (tertiary/aromatic N) is 2. The quantitative estimate of drug-likeness (QED) is 0.775. The Morgan fingerprint density at radius 2 is 1.81 bits per heavy atom. The van der Waals surface area contributed by atoms with Crippen molar-refractivity contribution < 1.29 is 8.42 Å². The van der Waals surface area contributed by atoms with E-state index in [0.29, 0.717) is 0 Å². The summed E-state index contributed by atoms with van der Waals surface area (Å²) in [6.45, 7) is 5.20. The standard InChI is InChI=1S/C10H18N2O3S/c1-10(2,3)16(14,15)8-7-12-6-5-11(4)9(12)13/h5-6H,7-8H2,1-4H3. The van der Waals surface area contributed by atoms with E-state index in [0.717, 1.165) is 0 Å². The van der Waals surface area contributed by atoms with Gasteiger partial charge in [0, 0.05) is 26.0 Å². The Hall–Kier alpha value is -1.04. The van der Waals surface area contributed by atoms with Crippen LogP contribution >= 0.6 is 0 Å². The Bertz CT molecular complexity index is 517. The fraction of sp³-hybridized carbons (Fsp3) is 0.700. The Balaban J connectivity index is 2.81. The summed E-state index contributed by atoms with van der Waals surface area (Å²) in [5.74, 6) is -0.0135. The van der Waals surface area contributed by atoms with Crippen LogP contribution in [0.3, 0.4) is 0 Å². The maximum atomic E-state index is 11.8. The maximum absolute atomic E-state index is 11.8. The Morgan fingerprint density at radius 3 is 2.19 bits per heavy atom. The molecule has 0 fully saturated rings. The van der Waals surface area contributed by atoms with E-state index in [1.807, 2.05) is 0 Å². The molecule has 0 radical (unpaired) electrons. The molecule has 0 amide bonds. The van der Waals surface area contributed by atoms with E-state index in [1.165, 1.54) is 9.13 Å². The van der Waals surface area contributed by atoms with Crippen LogP contribution < -0.4 is 5.69 Å². The molecule has 0 aromatic carbocycles. The second kappa shape index (κ2) is 4.08. The van der Waals surface area contributed by atoms with Gasteiger partial charge in [-0.1, -0.05) is 0 Å². The molecule has 0 aliphatic rings. The van der Waals surface area contributed by atoms with Crippen LogP contribution in [-0.4, -0.2) is 28.1 Å². The van der Waals surface area contributed by atoms with Crippen LogP contribution in [0.25, 0.3) is 0 Å².